The Bertz CT molecular complexity index is 1550. The largest absolute Gasteiger partial charge is 0.548 e. The third kappa shape index (κ3) is 5.66. The van der Waals surface area contributed by atoms with Crippen molar-refractivity contribution in [3.63, 3.8) is 0 Å². The van der Waals surface area contributed by atoms with E-state index in [9.17, 15) is 19.1 Å². The van der Waals surface area contributed by atoms with Crippen LogP contribution in [-0.2, 0) is 16.2 Å². The Kier molecular flexibility index (Phi) is 7.34. The first-order valence-electron chi connectivity index (χ1n) is 11.5. The average molecular weight is 545 g/mol. The molecule has 1 aromatic heterocycles. The Balaban J connectivity index is 1.49. The van der Waals surface area contributed by atoms with E-state index < -0.39 is 18.4 Å². The number of thiocarbonyl (C=S) groups is 1. The Morgan fingerprint density at radius 2 is 1.84 bits per heavy atom. The number of hydrogen-bond donors (Lipinski definition) is 0. The van der Waals surface area contributed by atoms with Crippen molar-refractivity contribution in [2.75, 3.05) is 6.54 Å². The average Bonchev–Trinajstić information content (AvgIpc) is 3.45. The van der Waals surface area contributed by atoms with E-state index in [0.29, 0.717) is 17.0 Å². The summed E-state index contributed by atoms with van der Waals surface area (Å²) in [6.45, 7) is -0.346. The molecule has 1 saturated heterocycles. The highest BCUT2D eigenvalue weighted by atomic mass is 32.2. The molecular weight excluding hydrogens is 525 g/mol. The highest BCUT2D eigenvalue weighted by Gasteiger charge is 2.32. The maximum atomic E-state index is 13.2. The van der Waals surface area contributed by atoms with Crippen molar-refractivity contribution in [1.29, 1.82) is 0 Å². The number of ether oxygens (including phenoxy) is 1. The molecule has 0 unspecified atom stereocenters. The van der Waals surface area contributed by atoms with E-state index in [1.54, 1.807) is 29.1 Å². The first-order valence-corrected chi connectivity index (χ1v) is 12.7. The molecule has 1 amide bonds. The van der Waals surface area contributed by atoms with Crippen LogP contribution in [0.4, 0.5) is 4.39 Å². The molecule has 3 aromatic carbocycles. The molecule has 190 valence electrons. The molecule has 2 heterocycles. The number of carboxylic acids is 1. The van der Waals surface area contributed by atoms with Gasteiger partial charge in [-0.05, 0) is 48.0 Å². The maximum Gasteiger partial charge on any atom is 0.266 e. The summed E-state index contributed by atoms with van der Waals surface area (Å²) in [5, 5.41) is 15.8. The van der Waals surface area contributed by atoms with Crippen LogP contribution < -0.4 is 9.84 Å². The standard InChI is InChI=1S/C28H20FN3O4S2/c29-21-11-9-18(10-12-21)17-36-23-8-4-5-19(13-23)26-20(15-32(30-26)22-6-2-1-3-7-22)14-24-27(35)31(16-25(33)34)28(37)38-24/h1-15H,16-17H2,(H,33,34)/p-1/b24-14+. The number of amides is 1. The van der Waals surface area contributed by atoms with Crippen LogP contribution in [0.2, 0.25) is 0 Å². The lowest BCUT2D eigenvalue weighted by Crippen LogP contribution is -2.40. The van der Waals surface area contributed by atoms with E-state index in [0.717, 1.165) is 33.5 Å². The molecule has 4 aromatic rings. The third-order valence-corrected chi connectivity index (χ3v) is 7.01. The van der Waals surface area contributed by atoms with Crippen LogP contribution in [0.15, 0.2) is 90.0 Å². The number of rotatable bonds is 8. The smallest absolute Gasteiger partial charge is 0.266 e. The summed E-state index contributed by atoms with van der Waals surface area (Å²) < 4.78 is 21.0. The molecule has 1 aliphatic rings. The van der Waals surface area contributed by atoms with Gasteiger partial charge in [0.1, 0.15) is 28.2 Å². The van der Waals surface area contributed by atoms with Crippen molar-refractivity contribution in [3.05, 3.63) is 107 Å². The molecule has 0 aliphatic carbocycles. The lowest BCUT2D eigenvalue weighted by atomic mass is 10.1. The van der Waals surface area contributed by atoms with Crippen LogP contribution >= 0.6 is 24.0 Å². The number of benzene rings is 3. The van der Waals surface area contributed by atoms with E-state index in [2.05, 4.69) is 0 Å². The number of halogens is 1. The van der Waals surface area contributed by atoms with Crippen LogP contribution in [0.3, 0.4) is 0 Å². The topological polar surface area (TPSA) is 87.5 Å². The van der Waals surface area contributed by atoms with Gasteiger partial charge in [-0.25, -0.2) is 9.07 Å². The van der Waals surface area contributed by atoms with Crippen molar-refractivity contribution in [2.45, 2.75) is 6.61 Å². The molecule has 0 saturated carbocycles. The fourth-order valence-electron chi connectivity index (χ4n) is 3.82. The second kappa shape index (κ2) is 11.0. The molecule has 0 spiro atoms. The lowest BCUT2D eigenvalue weighted by Gasteiger charge is -2.14. The second-order valence-electron chi connectivity index (χ2n) is 8.30. The quantitative estimate of drug-likeness (QED) is 0.243. The molecular formula is C28H19FN3O4S2-. The lowest BCUT2D eigenvalue weighted by molar-refractivity contribution is -0.305. The highest BCUT2D eigenvalue weighted by Crippen LogP contribution is 2.35. The summed E-state index contributed by atoms with van der Waals surface area (Å²) in [6, 6.07) is 22.9. The summed E-state index contributed by atoms with van der Waals surface area (Å²) in [6.07, 6.45) is 3.45. The fraction of sp³-hybridized carbons (Fsp3) is 0.0714. The number of aliphatic carboxylic acids is 1. The van der Waals surface area contributed by atoms with Crippen LogP contribution in [0, 0.1) is 5.82 Å². The van der Waals surface area contributed by atoms with Gasteiger partial charge in [-0.2, -0.15) is 5.10 Å². The predicted octanol–water partition coefficient (Wildman–Crippen LogP) is 4.21. The van der Waals surface area contributed by atoms with Gasteiger partial charge in [0.05, 0.1) is 23.1 Å². The van der Waals surface area contributed by atoms with Crippen LogP contribution in [0.5, 0.6) is 5.75 Å². The van der Waals surface area contributed by atoms with Crippen molar-refractivity contribution < 1.29 is 23.8 Å². The van der Waals surface area contributed by atoms with Gasteiger partial charge >= 0.3 is 0 Å². The number of carbonyl (C=O) groups is 2. The van der Waals surface area contributed by atoms with Crippen LogP contribution in [0.1, 0.15) is 11.1 Å². The zero-order valence-electron chi connectivity index (χ0n) is 19.7. The third-order valence-electron chi connectivity index (χ3n) is 5.64. The molecule has 0 atom stereocenters. The number of carboxylic acid groups (broad SMARTS) is 1. The van der Waals surface area contributed by atoms with Gasteiger partial charge in [0.25, 0.3) is 5.91 Å². The summed E-state index contributed by atoms with van der Waals surface area (Å²) >= 11 is 6.24. The van der Waals surface area contributed by atoms with Gasteiger partial charge in [0.15, 0.2) is 0 Å². The number of nitrogens with zero attached hydrogens (tertiary/aromatic N) is 3. The second-order valence-corrected chi connectivity index (χ2v) is 9.97. The first-order chi connectivity index (χ1) is 18.4. The molecule has 0 bridgehead atoms. The molecule has 1 fully saturated rings. The molecule has 1 aliphatic heterocycles. The number of aromatic nitrogens is 2. The Morgan fingerprint density at radius 3 is 2.58 bits per heavy atom. The van der Waals surface area contributed by atoms with Gasteiger partial charge in [0, 0.05) is 17.3 Å². The first kappa shape index (κ1) is 25.4. The van der Waals surface area contributed by atoms with Gasteiger partial charge in [0.2, 0.25) is 0 Å². The van der Waals surface area contributed by atoms with Crippen molar-refractivity contribution in [3.8, 4) is 22.7 Å². The number of hydrogen-bond acceptors (Lipinski definition) is 7. The van der Waals surface area contributed by atoms with Gasteiger partial charge in [-0.3, -0.25) is 9.69 Å². The molecule has 5 rings (SSSR count). The zero-order chi connectivity index (χ0) is 26.6. The number of thioether (sulfide) groups is 1. The van der Waals surface area contributed by atoms with E-state index in [4.69, 9.17) is 22.1 Å². The normalized spacial score (nSPS) is 14.3. The monoisotopic (exact) mass is 544 g/mol. The molecule has 0 radical (unpaired) electrons. The Labute approximate surface area is 227 Å². The Morgan fingerprint density at radius 1 is 1.08 bits per heavy atom. The van der Waals surface area contributed by atoms with Gasteiger partial charge in [-0.15, -0.1) is 0 Å². The van der Waals surface area contributed by atoms with E-state index in [1.165, 1.54) is 12.1 Å². The minimum Gasteiger partial charge on any atom is -0.548 e. The van der Waals surface area contributed by atoms with Crippen molar-refractivity contribution in [1.82, 2.24) is 14.7 Å². The zero-order valence-corrected chi connectivity index (χ0v) is 21.4. The molecule has 10 heteroatoms. The van der Waals surface area contributed by atoms with E-state index in [-0.39, 0.29) is 21.6 Å². The number of carbonyl (C=O) groups excluding carboxylic acids is 2. The SMILES string of the molecule is O=C([O-])CN1C(=O)/C(=C\c2cn(-c3ccccc3)nc2-c2cccc(OCc3ccc(F)cc3)c2)SC1=S. The Hall–Kier alpha value is -4.28. The molecule has 7 nitrogen and oxygen atoms in total. The molecule has 0 N–H and O–H groups in total. The molecule has 38 heavy (non-hydrogen) atoms. The minimum absolute atomic E-state index is 0.152. The van der Waals surface area contributed by atoms with Crippen LogP contribution in [0.25, 0.3) is 23.0 Å². The summed E-state index contributed by atoms with van der Waals surface area (Å²) in [7, 11) is 0. The van der Waals surface area contributed by atoms with Crippen LogP contribution in [-0.4, -0.2) is 37.4 Å². The maximum absolute atomic E-state index is 13.2. The summed E-state index contributed by atoms with van der Waals surface area (Å²) in [5.41, 5.74) is 3.61. The number of para-hydroxylation sites is 1. The van der Waals surface area contributed by atoms with E-state index in [1.807, 2.05) is 54.6 Å². The van der Waals surface area contributed by atoms with Crippen molar-refractivity contribution >= 4 is 46.3 Å². The summed E-state index contributed by atoms with van der Waals surface area (Å²) in [4.78, 5) is 25.2. The van der Waals surface area contributed by atoms with Crippen molar-refractivity contribution in [2.24, 2.45) is 0 Å². The summed E-state index contributed by atoms with van der Waals surface area (Å²) in [5.74, 6) is -1.61. The predicted molar refractivity (Wildman–Crippen MR) is 145 cm³/mol. The van der Waals surface area contributed by atoms with Gasteiger partial charge in [-0.1, -0.05) is 66.4 Å². The highest BCUT2D eigenvalue weighted by molar-refractivity contribution is 8.26. The van der Waals surface area contributed by atoms with Gasteiger partial charge < -0.3 is 14.6 Å². The fourth-order valence-corrected chi connectivity index (χ4v) is 5.06. The van der Waals surface area contributed by atoms with E-state index >= 15 is 0 Å². The minimum atomic E-state index is -1.39.